The van der Waals surface area contributed by atoms with Gasteiger partial charge in [0, 0.05) is 11.4 Å². The molecular formula is C10H7N3O4S. The molecule has 0 radical (unpaired) electrons. The van der Waals surface area contributed by atoms with Crippen molar-refractivity contribution < 1.29 is 14.8 Å². The van der Waals surface area contributed by atoms with Gasteiger partial charge in [0.05, 0.1) is 10.6 Å². The second-order valence-electron chi connectivity index (χ2n) is 3.29. The van der Waals surface area contributed by atoms with E-state index in [-0.39, 0.29) is 5.82 Å². The van der Waals surface area contributed by atoms with Crippen molar-refractivity contribution in [3.8, 4) is 0 Å². The average molecular weight is 265 g/mol. The fourth-order valence-corrected chi connectivity index (χ4v) is 1.90. The van der Waals surface area contributed by atoms with Crippen LogP contribution in [-0.2, 0) is 0 Å². The Morgan fingerprint density at radius 3 is 2.89 bits per heavy atom. The van der Waals surface area contributed by atoms with E-state index >= 15 is 0 Å². The Bertz CT molecular complexity index is 597. The number of hydrogen-bond acceptors (Lipinski definition) is 6. The Hall–Kier alpha value is -2.48. The Balaban J connectivity index is 2.37. The van der Waals surface area contributed by atoms with Crippen LogP contribution >= 0.6 is 11.3 Å². The molecule has 0 amide bonds. The fraction of sp³-hybridized carbons (Fsp3) is 0. The number of carbonyl (C=O) groups is 1. The molecular weight excluding hydrogens is 258 g/mol. The molecule has 0 fully saturated rings. The van der Waals surface area contributed by atoms with Gasteiger partial charge >= 0.3 is 11.7 Å². The first-order valence-corrected chi connectivity index (χ1v) is 5.69. The molecule has 7 nitrogen and oxygen atoms in total. The molecule has 2 rings (SSSR count). The smallest absolute Gasteiger partial charge is 0.342 e. The summed E-state index contributed by atoms with van der Waals surface area (Å²) in [5.41, 5.74) is -0.177. The van der Waals surface area contributed by atoms with Gasteiger partial charge in [-0.15, -0.1) is 0 Å². The molecule has 0 unspecified atom stereocenters. The highest BCUT2D eigenvalue weighted by molar-refractivity contribution is 7.08. The minimum absolute atomic E-state index is 0.247. The molecule has 2 aromatic heterocycles. The summed E-state index contributed by atoms with van der Waals surface area (Å²) in [5.74, 6) is -1.12. The van der Waals surface area contributed by atoms with Gasteiger partial charge in [0.15, 0.2) is 0 Å². The maximum atomic E-state index is 10.9. The number of anilines is 2. The summed E-state index contributed by atoms with van der Waals surface area (Å²) in [6, 6.07) is 2.92. The van der Waals surface area contributed by atoms with Gasteiger partial charge in [-0.25, -0.2) is 9.78 Å². The number of thiophene rings is 1. The van der Waals surface area contributed by atoms with Crippen LogP contribution in [0.5, 0.6) is 0 Å². The molecule has 2 aromatic rings. The second kappa shape index (κ2) is 4.80. The highest BCUT2D eigenvalue weighted by Crippen LogP contribution is 2.23. The van der Waals surface area contributed by atoms with E-state index < -0.39 is 22.1 Å². The molecule has 8 heteroatoms. The molecule has 0 saturated heterocycles. The van der Waals surface area contributed by atoms with Crippen molar-refractivity contribution in [1.29, 1.82) is 0 Å². The maximum absolute atomic E-state index is 10.9. The van der Waals surface area contributed by atoms with Crippen LogP contribution in [0, 0.1) is 10.1 Å². The van der Waals surface area contributed by atoms with E-state index in [0.29, 0.717) is 0 Å². The lowest BCUT2D eigenvalue weighted by Crippen LogP contribution is -2.05. The van der Waals surface area contributed by atoms with Crippen LogP contribution in [0.25, 0.3) is 0 Å². The van der Waals surface area contributed by atoms with Gasteiger partial charge in [0.2, 0.25) is 0 Å². The van der Waals surface area contributed by atoms with E-state index in [1.165, 1.54) is 11.3 Å². The van der Waals surface area contributed by atoms with Crippen LogP contribution in [0.3, 0.4) is 0 Å². The molecule has 18 heavy (non-hydrogen) atoms. The van der Waals surface area contributed by atoms with E-state index in [0.717, 1.165) is 18.0 Å². The average Bonchev–Trinajstić information content (AvgIpc) is 2.81. The van der Waals surface area contributed by atoms with Gasteiger partial charge in [-0.1, -0.05) is 0 Å². The van der Waals surface area contributed by atoms with Gasteiger partial charge < -0.3 is 10.4 Å². The van der Waals surface area contributed by atoms with Gasteiger partial charge in [-0.3, -0.25) is 10.1 Å². The summed E-state index contributed by atoms with van der Waals surface area (Å²) < 4.78 is 0. The topological polar surface area (TPSA) is 105 Å². The molecule has 0 aromatic carbocycles. The normalized spacial score (nSPS) is 10.0. The van der Waals surface area contributed by atoms with Crippen molar-refractivity contribution in [1.82, 2.24) is 4.98 Å². The zero-order valence-electron chi connectivity index (χ0n) is 8.86. The summed E-state index contributed by atoms with van der Waals surface area (Å²) in [6.45, 7) is 0. The number of hydrogen-bond donors (Lipinski definition) is 2. The van der Waals surface area contributed by atoms with E-state index in [1.54, 1.807) is 6.07 Å². The van der Waals surface area contributed by atoms with Crippen LogP contribution in [0.2, 0.25) is 0 Å². The van der Waals surface area contributed by atoms with Crippen molar-refractivity contribution in [3.63, 3.8) is 0 Å². The van der Waals surface area contributed by atoms with E-state index in [9.17, 15) is 14.9 Å². The Morgan fingerprint density at radius 1 is 1.56 bits per heavy atom. The molecule has 92 valence electrons. The van der Waals surface area contributed by atoms with Gasteiger partial charge in [0.1, 0.15) is 17.6 Å². The molecule has 0 atom stereocenters. The standard InChI is InChI=1S/C10H7N3O4S/c14-10(15)7-3-9(11-4-8(7)13(16)17)12-6-1-2-18-5-6/h1-5H,(H,11,12)(H,14,15). The largest absolute Gasteiger partial charge is 0.477 e. The summed E-state index contributed by atoms with van der Waals surface area (Å²) in [6.07, 6.45) is 0.929. The summed E-state index contributed by atoms with van der Waals surface area (Å²) >= 11 is 1.46. The Morgan fingerprint density at radius 2 is 2.33 bits per heavy atom. The first-order chi connectivity index (χ1) is 8.58. The molecule has 0 spiro atoms. The Labute approximate surface area is 105 Å². The predicted octanol–water partition coefficient (Wildman–Crippen LogP) is 2.49. The van der Waals surface area contributed by atoms with E-state index in [1.807, 2.05) is 10.8 Å². The lowest BCUT2D eigenvalue weighted by Gasteiger charge is -2.04. The van der Waals surface area contributed by atoms with Gasteiger partial charge in [-0.05, 0) is 11.4 Å². The molecule has 0 saturated carbocycles. The third kappa shape index (κ3) is 2.43. The molecule has 0 aliphatic rings. The number of aromatic carboxylic acids is 1. The minimum atomic E-state index is -1.36. The maximum Gasteiger partial charge on any atom is 0.342 e. The van der Waals surface area contributed by atoms with Gasteiger partial charge in [-0.2, -0.15) is 11.3 Å². The second-order valence-corrected chi connectivity index (χ2v) is 4.07. The number of nitrogens with zero attached hydrogens (tertiary/aromatic N) is 2. The number of rotatable bonds is 4. The lowest BCUT2D eigenvalue weighted by atomic mass is 10.2. The van der Waals surface area contributed by atoms with Crippen molar-refractivity contribution in [3.05, 3.63) is 44.8 Å². The summed E-state index contributed by atoms with van der Waals surface area (Å²) in [5, 5.41) is 26.1. The highest BCUT2D eigenvalue weighted by Gasteiger charge is 2.21. The number of nitro groups is 1. The first-order valence-electron chi connectivity index (χ1n) is 4.75. The zero-order chi connectivity index (χ0) is 13.1. The molecule has 0 aliphatic carbocycles. The fourth-order valence-electron chi connectivity index (χ4n) is 1.32. The van der Waals surface area contributed by atoms with Crippen molar-refractivity contribution >= 4 is 34.5 Å². The van der Waals surface area contributed by atoms with Crippen molar-refractivity contribution in [2.45, 2.75) is 0 Å². The minimum Gasteiger partial charge on any atom is -0.477 e. The number of carboxylic acid groups (broad SMARTS) is 1. The van der Waals surface area contributed by atoms with E-state index in [2.05, 4.69) is 10.3 Å². The SMILES string of the molecule is O=C(O)c1cc(Nc2ccsc2)ncc1[N+](=O)[O-]. The molecule has 0 aliphatic heterocycles. The van der Waals surface area contributed by atoms with Crippen LogP contribution in [0.15, 0.2) is 29.1 Å². The number of nitrogens with one attached hydrogen (secondary N) is 1. The third-order valence-corrected chi connectivity index (χ3v) is 2.79. The number of carboxylic acids is 1. The monoisotopic (exact) mass is 265 g/mol. The van der Waals surface area contributed by atoms with Crippen molar-refractivity contribution in [2.75, 3.05) is 5.32 Å². The molecule has 2 N–H and O–H groups in total. The molecule has 2 heterocycles. The Kier molecular flexibility index (Phi) is 3.20. The third-order valence-electron chi connectivity index (χ3n) is 2.10. The van der Waals surface area contributed by atoms with Crippen LogP contribution in [0.4, 0.5) is 17.2 Å². The van der Waals surface area contributed by atoms with Gasteiger partial charge in [0.25, 0.3) is 0 Å². The van der Waals surface area contributed by atoms with E-state index in [4.69, 9.17) is 5.11 Å². The predicted molar refractivity (Wildman–Crippen MR) is 65.5 cm³/mol. The van der Waals surface area contributed by atoms with Crippen LogP contribution in [-0.4, -0.2) is 21.0 Å². The first kappa shape index (κ1) is 12.0. The lowest BCUT2D eigenvalue weighted by molar-refractivity contribution is -0.385. The number of aromatic nitrogens is 1. The zero-order valence-corrected chi connectivity index (χ0v) is 9.68. The molecule has 0 bridgehead atoms. The summed E-state index contributed by atoms with van der Waals surface area (Å²) in [7, 11) is 0. The van der Waals surface area contributed by atoms with Crippen LogP contribution in [0.1, 0.15) is 10.4 Å². The highest BCUT2D eigenvalue weighted by atomic mass is 32.1. The number of pyridine rings is 1. The van der Waals surface area contributed by atoms with Crippen LogP contribution < -0.4 is 5.32 Å². The quantitative estimate of drug-likeness (QED) is 0.649. The summed E-state index contributed by atoms with van der Waals surface area (Å²) in [4.78, 5) is 24.6. The van der Waals surface area contributed by atoms with Crippen molar-refractivity contribution in [2.24, 2.45) is 0 Å².